The van der Waals surface area contributed by atoms with Crippen molar-refractivity contribution in [1.82, 2.24) is 19.2 Å². The molecule has 9 heteroatoms. The number of amides is 1. The van der Waals surface area contributed by atoms with Gasteiger partial charge < -0.3 is 9.88 Å². The summed E-state index contributed by atoms with van der Waals surface area (Å²) in [5.41, 5.74) is 2.21. The van der Waals surface area contributed by atoms with E-state index in [9.17, 15) is 13.2 Å². The Balaban J connectivity index is 1.25. The van der Waals surface area contributed by atoms with Crippen molar-refractivity contribution in [2.45, 2.75) is 30.1 Å². The van der Waals surface area contributed by atoms with Crippen LogP contribution in [-0.4, -0.2) is 41.3 Å². The molecule has 30 heavy (non-hydrogen) atoms. The number of aromatic nitrogens is 2. The first-order valence-electron chi connectivity index (χ1n) is 9.87. The van der Waals surface area contributed by atoms with Gasteiger partial charge in [-0.25, -0.2) is 13.4 Å². The lowest BCUT2D eigenvalue weighted by Gasteiger charge is -2.30. The maximum atomic E-state index is 12.6. The summed E-state index contributed by atoms with van der Waals surface area (Å²) in [4.78, 5) is 16.6. The number of rotatable bonds is 7. The molecule has 2 aromatic heterocycles. The number of hydrogen-bond donors (Lipinski definition) is 1. The number of thiophene rings is 1. The number of piperidine rings is 1. The number of carbonyl (C=O) groups excluding carboxylic acids is 1. The van der Waals surface area contributed by atoms with Crippen molar-refractivity contribution in [1.29, 1.82) is 0 Å². The van der Waals surface area contributed by atoms with Crippen LogP contribution >= 0.6 is 11.3 Å². The molecule has 7 nitrogen and oxygen atoms in total. The van der Waals surface area contributed by atoms with Gasteiger partial charge in [0.15, 0.2) is 0 Å². The first-order valence-corrected chi connectivity index (χ1v) is 12.2. The second-order valence-corrected chi connectivity index (χ2v) is 10.5. The summed E-state index contributed by atoms with van der Waals surface area (Å²) in [6.45, 7) is 1.99. The minimum Gasteiger partial charge on any atom is -0.352 e. The van der Waals surface area contributed by atoms with Gasteiger partial charge in [0, 0.05) is 44.5 Å². The van der Waals surface area contributed by atoms with E-state index >= 15 is 0 Å². The van der Waals surface area contributed by atoms with Crippen LogP contribution in [0.3, 0.4) is 0 Å². The zero-order valence-corrected chi connectivity index (χ0v) is 18.1. The molecule has 0 atom stereocenters. The lowest BCUT2D eigenvalue weighted by atomic mass is 9.97. The Labute approximate surface area is 180 Å². The van der Waals surface area contributed by atoms with Crippen molar-refractivity contribution in [2.24, 2.45) is 5.92 Å². The molecular weight excluding hydrogens is 420 g/mol. The Morgan fingerprint density at radius 1 is 1.13 bits per heavy atom. The number of sulfonamides is 1. The lowest BCUT2D eigenvalue weighted by Crippen LogP contribution is -2.42. The fraction of sp³-hybridized carbons (Fsp3) is 0.333. The van der Waals surface area contributed by atoms with Gasteiger partial charge >= 0.3 is 0 Å². The summed E-state index contributed by atoms with van der Waals surface area (Å²) < 4.78 is 29.0. The van der Waals surface area contributed by atoms with Crippen molar-refractivity contribution in [2.75, 3.05) is 13.1 Å². The smallest absolute Gasteiger partial charge is 0.252 e. The third kappa shape index (κ3) is 4.80. The highest BCUT2D eigenvalue weighted by atomic mass is 32.2. The van der Waals surface area contributed by atoms with Crippen LogP contribution in [0.5, 0.6) is 0 Å². The van der Waals surface area contributed by atoms with Gasteiger partial charge in [0.2, 0.25) is 5.91 Å². The lowest BCUT2D eigenvalue weighted by molar-refractivity contribution is -0.126. The van der Waals surface area contributed by atoms with Gasteiger partial charge in [-0.1, -0.05) is 30.3 Å². The molecule has 1 amide bonds. The standard InChI is InChI=1S/C21H24N4O3S2/c26-21(19-7-10-25(11-8-19)30(27,28)20-2-1-13-29-20)23-14-17-3-5-18(6-4-17)15-24-12-9-22-16-24/h1-6,9,12-13,16,19H,7-8,10-11,14-15H2,(H,23,26). The quantitative estimate of drug-likeness (QED) is 0.607. The van der Waals surface area contributed by atoms with Crippen LogP contribution in [0, 0.1) is 5.92 Å². The van der Waals surface area contributed by atoms with E-state index in [1.165, 1.54) is 21.2 Å². The van der Waals surface area contributed by atoms with Gasteiger partial charge in [-0.15, -0.1) is 11.3 Å². The van der Waals surface area contributed by atoms with E-state index in [4.69, 9.17) is 0 Å². The molecule has 0 saturated carbocycles. The molecule has 0 aliphatic carbocycles. The number of benzene rings is 1. The van der Waals surface area contributed by atoms with Gasteiger partial charge in [-0.05, 0) is 35.4 Å². The second kappa shape index (κ2) is 9.11. The molecule has 3 aromatic rings. The largest absolute Gasteiger partial charge is 0.352 e. The van der Waals surface area contributed by atoms with E-state index < -0.39 is 10.0 Å². The second-order valence-electron chi connectivity index (χ2n) is 7.38. The highest BCUT2D eigenvalue weighted by molar-refractivity contribution is 7.91. The predicted octanol–water partition coefficient (Wildman–Crippen LogP) is 2.71. The molecular formula is C21H24N4O3S2. The molecule has 0 bridgehead atoms. The SMILES string of the molecule is O=C(NCc1ccc(Cn2ccnc2)cc1)C1CCN(S(=O)(=O)c2cccs2)CC1. The summed E-state index contributed by atoms with van der Waals surface area (Å²) in [6.07, 6.45) is 6.54. The predicted molar refractivity (Wildman–Crippen MR) is 115 cm³/mol. The molecule has 0 radical (unpaired) electrons. The summed E-state index contributed by atoms with van der Waals surface area (Å²) in [7, 11) is -3.43. The summed E-state index contributed by atoms with van der Waals surface area (Å²) in [5.74, 6) is -0.161. The Bertz CT molecular complexity index is 1050. The zero-order valence-electron chi connectivity index (χ0n) is 16.5. The number of nitrogens with zero attached hydrogens (tertiary/aromatic N) is 3. The van der Waals surface area contributed by atoms with Crippen LogP contribution < -0.4 is 5.32 Å². The van der Waals surface area contributed by atoms with Crippen LogP contribution in [0.1, 0.15) is 24.0 Å². The summed E-state index contributed by atoms with van der Waals surface area (Å²) in [5, 5.41) is 4.76. The highest BCUT2D eigenvalue weighted by Gasteiger charge is 2.32. The van der Waals surface area contributed by atoms with E-state index in [0.717, 1.165) is 12.1 Å². The normalized spacial score (nSPS) is 15.9. The van der Waals surface area contributed by atoms with Gasteiger partial charge in [-0.3, -0.25) is 4.79 Å². The topological polar surface area (TPSA) is 84.3 Å². The maximum absolute atomic E-state index is 12.6. The van der Waals surface area contributed by atoms with E-state index in [0.29, 0.717) is 36.7 Å². The van der Waals surface area contributed by atoms with Crippen molar-refractivity contribution in [3.8, 4) is 0 Å². The van der Waals surface area contributed by atoms with E-state index in [1.807, 2.05) is 22.9 Å². The van der Waals surface area contributed by atoms with Crippen LogP contribution in [0.2, 0.25) is 0 Å². The van der Waals surface area contributed by atoms with Crippen LogP contribution in [0.4, 0.5) is 0 Å². The van der Waals surface area contributed by atoms with Crippen LogP contribution in [0.25, 0.3) is 0 Å². The molecule has 1 fully saturated rings. The first kappa shape index (κ1) is 20.8. The summed E-state index contributed by atoms with van der Waals surface area (Å²) >= 11 is 1.22. The minimum absolute atomic E-state index is 0.00864. The summed E-state index contributed by atoms with van der Waals surface area (Å²) in [6, 6.07) is 11.5. The molecule has 3 heterocycles. The van der Waals surface area contributed by atoms with Gasteiger partial charge in [0.05, 0.1) is 6.33 Å². The highest BCUT2D eigenvalue weighted by Crippen LogP contribution is 2.26. The van der Waals surface area contributed by atoms with Gasteiger partial charge in [-0.2, -0.15) is 4.31 Å². The van der Waals surface area contributed by atoms with Crippen LogP contribution in [0.15, 0.2) is 64.7 Å². The molecule has 0 spiro atoms. The third-order valence-corrected chi connectivity index (χ3v) is 8.60. The van der Waals surface area contributed by atoms with Gasteiger partial charge in [0.1, 0.15) is 4.21 Å². The van der Waals surface area contributed by atoms with E-state index in [2.05, 4.69) is 22.4 Å². The monoisotopic (exact) mass is 444 g/mol. The molecule has 1 saturated heterocycles. The fourth-order valence-electron chi connectivity index (χ4n) is 3.58. The first-order chi connectivity index (χ1) is 14.5. The minimum atomic E-state index is -3.43. The third-order valence-electron chi connectivity index (χ3n) is 5.33. The van der Waals surface area contributed by atoms with Crippen molar-refractivity contribution < 1.29 is 13.2 Å². The number of hydrogen-bond acceptors (Lipinski definition) is 5. The van der Waals surface area contributed by atoms with Crippen molar-refractivity contribution in [3.05, 3.63) is 71.6 Å². The van der Waals surface area contributed by atoms with E-state index in [1.54, 1.807) is 30.0 Å². The Morgan fingerprint density at radius 2 is 1.87 bits per heavy atom. The molecule has 1 aliphatic rings. The molecule has 1 aromatic carbocycles. The Hall–Kier alpha value is -2.49. The molecule has 0 unspecified atom stereocenters. The zero-order chi connectivity index (χ0) is 21.0. The number of carbonyl (C=O) groups is 1. The average molecular weight is 445 g/mol. The molecule has 1 N–H and O–H groups in total. The van der Waals surface area contributed by atoms with E-state index in [-0.39, 0.29) is 11.8 Å². The van der Waals surface area contributed by atoms with Crippen LogP contribution in [-0.2, 0) is 27.9 Å². The Morgan fingerprint density at radius 3 is 2.50 bits per heavy atom. The van der Waals surface area contributed by atoms with Crippen molar-refractivity contribution in [3.63, 3.8) is 0 Å². The Kier molecular flexibility index (Phi) is 6.31. The van der Waals surface area contributed by atoms with Crippen molar-refractivity contribution >= 4 is 27.3 Å². The number of imidazole rings is 1. The molecule has 158 valence electrons. The molecule has 4 rings (SSSR count). The fourth-order valence-corrected chi connectivity index (χ4v) is 6.20. The average Bonchev–Trinajstić information content (AvgIpc) is 3.48. The number of nitrogens with one attached hydrogen (secondary N) is 1. The molecule has 1 aliphatic heterocycles. The maximum Gasteiger partial charge on any atom is 0.252 e. The van der Waals surface area contributed by atoms with Gasteiger partial charge in [0.25, 0.3) is 10.0 Å².